The highest BCUT2D eigenvalue weighted by Crippen LogP contribution is 2.45. The van der Waals surface area contributed by atoms with E-state index in [0.717, 1.165) is 5.56 Å². The summed E-state index contributed by atoms with van der Waals surface area (Å²) >= 11 is 1.17. The molecule has 0 amide bonds. The molecule has 1 N–H and O–H groups in total. The minimum absolute atomic E-state index is 0.253. The molecule has 0 aliphatic heterocycles. The average Bonchev–Trinajstić information content (AvgIpc) is 3.13. The Hall–Kier alpha value is -2.32. The standard InChI is InChI=1S/C22H24F3NO3S/c1-14-6-5-7-15(18(14)29-4)20(2,3)12-21(28,22(23,24)25)13-26-10-8-17(27)19-16(26)9-11-30-19/h5-11,28H,12-13H2,1-4H3. The minimum atomic E-state index is -4.88. The second kappa shape index (κ2) is 7.74. The smallest absolute Gasteiger partial charge is 0.418 e. The zero-order valence-corrected chi connectivity index (χ0v) is 18.0. The van der Waals surface area contributed by atoms with E-state index in [2.05, 4.69) is 0 Å². The van der Waals surface area contributed by atoms with Gasteiger partial charge in [-0.25, -0.2) is 0 Å². The molecule has 0 spiro atoms. The molecule has 0 saturated carbocycles. The average molecular weight is 439 g/mol. The Morgan fingerprint density at radius 1 is 1.17 bits per heavy atom. The number of methoxy groups -OCH3 is 1. The monoisotopic (exact) mass is 439 g/mol. The van der Waals surface area contributed by atoms with Crippen molar-refractivity contribution in [3.05, 3.63) is 63.3 Å². The largest absolute Gasteiger partial charge is 0.496 e. The fourth-order valence-electron chi connectivity index (χ4n) is 3.97. The zero-order valence-electron chi connectivity index (χ0n) is 17.2. The second-order valence-corrected chi connectivity index (χ2v) is 9.10. The maximum atomic E-state index is 14.1. The fourth-order valence-corrected chi connectivity index (χ4v) is 4.80. The van der Waals surface area contributed by atoms with Gasteiger partial charge in [-0.05, 0) is 35.8 Å². The fraction of sp³-hybridized carbons (Fsp3) is 0.409. The molecule has 1 atom stereocenters. The number of aromatic nitrogens is 1. The highest BCUT2D eigenvalue weighted by atomic mass is 32.1. The Labute approximate surface area is 176 Å². The summed E-state index contributed by atoms with van der Waals surface area (Å²) < 4.78 is 49.5. The molecule has 8 heteroatoms. The Morgan fingerprint density at radius 2 is 1.87 bits per heavy atom. The maximum Gasteiger partial charge on any atom is 0.418 e. The minimum Gasteiger partial charge on any atom is -0.496 e. The second-order valence-electron chi connectivity index (χ2n) is 8.19. The van der Waals surface area contributed by atoms with Crippen LogP contribution in [0.4, 0.5) is 13.2 Å². The topological polar surface area (TPSA) is 51.5 Å². The SMILES string of the molecule is COc1c(C)cccc1C(C)(C)CC(O)(Cn1ccc(=O)c2sccc21)C(F)(F)F. The Bertz CT molecular complexity index is 1120. The Kier molecular flexibility index (Phi) is 5.77. The van der Waals surface area contributed by atoms with Crippen LogP contribution in [0.1, 0.15) is 31.4 Å². The molecule has 0 aliphatic rings. The maximum absolute atomic E-state index is 14.1. The van der Waals surface area contributed by atoms with Crippen molar-refractivity contribution in [2.75, 3.05) is 7.11 Å². The van der Waals surface area contributed by atoms with Crippen LogP contribution in [0.25, 0.3) is 10.2 Å². The molecule has 30 heavy (non-hydrogen) atoms. The molecule has 0 saturated heterocycles. The normalized spacial score (nSPS) is 14.7. The van der Waals surface area contributed by atoms with E-state index in [9.17, 15) is 23.1 Å². The number of hydrogen-bond donors (Lipinski definition) is 1. The van der Waals surface area contributed by atoms with Crippen molar-refractivity contribution in [1.82, 2.24) is 4.57 Å². The number of rotatable bonds is 6. The van der Waals surface area contributed by atoms with E-state index in [1.54, 1.807) is 37.4 Å². The van der Waals surface area contributed by atoms with Crippen molar-refractivity contribution in [3.8, 4) is 5.75 Å². The van der Waals surface area contributed by atoms with Gasteiger partial charge in [-0.3, -0.25) is 4.79 Å². The van der Waals surface area contributed by atoms with Gasteiger partial charge in [-0.15, -0.1) is 11.3 Å². The molecule has 1 aromatic carbocycles. The number of pyridine rings is 1. The highest BCUT2D eigenvalue weighted by Gasteiger charge is 2.56. The number of benzene rings is 1. The summed E-state index contributed by atoms with van der Waals surface area (Å²) in [5.74, 6) is 0.510. The van der Waals surface area contributed by atoms with Gasteiger partial charge in [0.2, 0.25) is 0 Å². The molecule has 0 fully saturated rings. The molecule has 4 nitrogen and oxygen atoms in total. The predicted molar refractivity (Wildman–Crippen MR) is 112 cm³/mol. The first-order chi connectivity index (χ1) is 13.9. The van der Waals surface area contributed by atoms with Crippen LogP contribution in [0.5, 0.6) is 5.75 Å². The molecule has 0 aliphatic carbocycles. The lowest BCUT2D eigenvalue weighted by Crippen LogP contribution is -2.52. The summed E-state index contributed by atoms with van der Waals surface area (Å²) in [6.45, 7) is 4.42. The number of thiophene rings is 1. The van der Waals surface area contributed by atoms with Crippen molar-refractivity contribution < 1.29 is 23.0 Å². The Balaban J connectivity index is 2.06. The van der Waals surface area contributed by atoms with E-state index in [1.165, 1.54) is 35.3 Å². The van der Waals surface area contributed by atoms with E-state index in [0.29, 0.717) is 21.5 Å². The molecule has 162 valence electrons. The third-order valence-corrected chi connectivity index (χ3v) is 6.34. The number of para-hydroxylation sites is 1. The molecule has 0 radical (unpaired) electrons. The van der Waals surface area contributed by atoms with Gasteiger partial charge in [0.25, 0.3) is 0 Å². The zero-order chi connectivity index (χ0) is 22.3. The summed E-state index contributed by atoms with van der Waals surface area (Å²) in [5.41, 5.74) is -2.55. The number of fused-ring (bicyclic) bond motifs is 1. The quantitative estimate of drug-likeness (QED) is 0.585. The molecule has 2 aromatic heterocycles. The van der Waals surface area contributed by atoms with Crippen LogP contribution < -0.4 is 10.2 Å². The van der Waals surface area contributed by atoms with Crippen LogP contribution in [0.3, 0.4) is 0 Å². The van der Waals surface area contributed by atoms with Crippen LogP contribution >= 0.6 is 11.3 Å². The summed E-state index contributed by atoms with van der Waals surface area (Å²) in [5, 5.41) is 12.6. The summed E-state index contributed by atoms with van der Waals surface area (Å²) in [7, 11) is 1.48. The third-order valence-electron chi connectivity index (χ3n) is 5.42. The highest BCUT2D eigenvalue weighted by molar-refractivity contribution is 7.17. The van der Waals surface area contributed by atoms with Crippen molar-refractivity contribution in [3.63, 3.8) is 0 Å². The van der Waals surface area contributed by atoms with E-state index in [4.69, 9.17) is 4.74 Å². The number of hydrogen-bond acceptors (Lipinski definition) is 4. The molecule has 0 bridgehead atoms. The van der Waals surface area contributed by atoms with Gasteiger partial charge < -0.3 is 14.4 Å². The number of alkyl halides is 3. The Morgan fingerprint density at radius 3 is 2.50 bits per heavy atom. The lowest BCUT2D eigenvalue weighted by molar-refractivity contribution is -0.271. The number of ether oxygens (including phenoxy) is 1. The van der Waals surface area contributed by atoms with Gasteiger partial charge in [-0.1, -0.05) is 32.0 Å². The van der Waals surface area contributed by atoms with Gasteiger partial charge >= 0.3 is 6.18 Å². The molecule has 3 aromatic rings. The van der Waals surface area contributed by atoms with Gasteiger partial charge in [0.05, 0.1) is 23.9 Å². The van der Waals surface area contributed by atoms with Gasteiger partial charge in [0.1, 0.15) is 5.75 Å². The van der Waals surface area contributed by atoms with E-state index in [-0.39, 0.29) is 5.43 Å². The first kappa shape index (κ1) is 22.4. The van der Waals surface area contributed by atoms with Gasteiger partial charge in [0, 0.05) is 17.8 Å². The lowest BCUT2D eigenvalue weighted by Gasteiger charge is -2.39. The van der Waals surface area contributed by atoms with Crippen molar-refractivity contribution in [2.45, 2.75) is 50.9 Å². The van der Waals surface area contributed by atoms with E-state index < -0.39 is 30.2 Å². The van der Waals surface area contributed by atoms with Gasteiger partial charge in [0.15, 0.2) is 11.0 Å². The van der Waals surface area contributed by atoms with E-state index in [1.807, 2.05) is 13.0 Å². The summed E-state index contributed by atoms with van der Waals surface area (Å²) in [6.07, 6.45) is -4.16. The predicted octanol–water partition coefficient (Wildman–Crippen LogP) is 5.04. The molecule has 2 heterocycles. The van der Waals surface area contributed by atoms with Crippen LogP contribution in [-0.4, -0.2) is 28.6 Å². The molecule has 1 unspecified atom stereocenters. The van der Waals surface area contributed by atoms with Crippen LogP contribution in [0, 0.1) is 6.92 Å². The van der Waals surface area contributed by atoms with Gasteiger partial charge in [-0.2, -0.15) is 13.2 Å². The van der Waals surface area contributed by atoms with Crippen molar-refractivity contribution >= 4 is 21.6 Å². The number of nitrogens with zero attached hydrogens (tertiary/aromatic N) is 1. The van der Waals surface area contributed by atoms with Crippen LogP contribution in [0.15, 0.2) is 46.7 Å². The third kappa shape index (κ3) is 3.98. The lowest BCUT2D eigenvalue weighted by atomic mass is 9.74. The van der Waals surface area contributed by atoms with Crippen LogP contribution in [0.2, 0.25) is 0 Å². The molecular formula is C22H24F3NO3S. The molecular weight excluding hydrogens is 415 g/mol. The van der Waals surface area contributed by atoms with Crippen molar-refractivity contribution in [1.29, 1.82) is 0 Å². The summed E-state index contributed by atoms with van der Waals surface area (Å²) in [6, 6.07) is 8.12. The summed E-state index contributed by atoms with van der Waals surface area (Å²) in [4.78, 5) is 12.0. The first-order valence-electron chi connectivity index (χ1n) is 9.39. The van der Waals surface area contributed by atoms with E-state index >= 15 is 0 Å². The number of halogens is 3. The number of aliphatic hydroxyl groups is 1. The van der Waals surface area contributed by atoms with Crippen LogP contribution in [-0.2, 0) is 12.0 Å². The number of aryl methyl sites for hydroxylation is 1. The first-order valence-corrected chi connectivity index (χ1v) is 10.3. The molecule has 3 rings (SSSR count). The van der Waals surface area contributed by atoms with Crippen molar-refractivity contribution in [2.24, 2.45) is 0 Å².